The van der Waals surface area contributed by atoms with Crippen LogP contribution in [0.1, 0.15) is 45.4 Å². The molecule has 0 bridgehead atoms. The van der Waals surface area contributed by atoms with E-state index in [0.29, 0.717) is 5.78 Å². The molecule has 1 saturated heterocycles. The average molecular weight is 241 g/mol. The van der Waals surface area contributed by atoms with Crippen LogP contribution in [0.15, 0.2) is 11.1 Å². The lowest BCUT2D eigenvalue weighted by Gasteiger charge is -2.10. The SMILES string of the molecule is CCCCCCCC(=O)/C=C1/SCCN1C. The minimum Gasteiger partial charge on any atom is -0.368 e. The maximum absolute atomic E-state index is 11.7. The van der Waals surface area contributed by atoms with Gasteiger partial charge in [-0.15, -0.1) is 11.8 Å². The zero-order chi connectivity index (χ0) is 11.8. The molecule has 0 aromatic rings. The lowest BCUT2D eigenvalue weighted by atomic mass is 10.1. The lowest BCUT2D eigenvalue weighted by molar-refractivity contribution is -0.114. The normalized spacial score (nSPS) is 18.4. The molecule has 0 radical (unpaired) electrons. The highest BCUT2D eigenvalue weighted by molar-refractivity contribution is 8.03. The van der Waals surface area contributed by atoms with Gasteiger partial charge in [-0.3, -0.25) is 4.79 Å². The van der Waals surface area contributed by atoms with Gasteiger partial charge in [0.2, 0.25) is 0 Å². The Morgan fingerprint density at radius 3 is 2.75 bits per heavy atom. The Bertz CT molecular complexity index is 250. The summed E-state index contributed by atoms with van der Waals surface area (Å²) in [6.45, 7) is 3.28. The predicted molar refractivity (Wildman–Crippen MR) is 71.6 cm³/mol. The van der Waals surface area contributed by atoms with E-state index in [1.54, 1.807) is 11.8 Å². The van der Waals surface area contributed by atoms with Crippen molar-refractivity contribution < 1.29 is 4.79 Å². The summed E-state index contributed by atoms with van der Waals surface area (Å²) >= 11 is 1.79. The van der Waals surface area contributed by atoms with Gasteiger partial charge in [-0.2, -0.15) is 0 Å². The Balaban J connectivity index is 2.15. The number of nitrogens with zero attached hydrogens (tertiary/aromatic N) is 1. The Labute approximate surface area is 103 Å². The molecule has 0 atom stereocenters. The van der Waals surface area contributed by atoms with Gasteiger partial charge in [0.25, 0.3) is 0 Å². The van der Waals surface area contributed by atoms with Crippen molar-refractivity contribution in [1.82, 2.24) is 4.90 Å². The summed E-state index contributed by atoms with van der Waals surface area (Å²) in [6, 6.07) is 0. The number of unbranched alkanes of at least 4 members (excludes halogenated alkanes) is 4. The van der Waals surface area contributed by atoms with E-state index in [4.69, 9.17) is 0 Å². The topological polar surface area (TPSA) is 20.3 Å². The second kappa shape index (κ2) is 7.77. The van der Waals surface area contributed by atoms with Crippen molar-refractivity contribution in [2.45, 2.75) is 45.4 Å². The molecule has 0 aromatic carbocycles. The monoisotopic (exact) mass is 241 g/mol. The molecule has 0 unspecified atom stereocenters. The summed E-state index contributed by atoms with van der Waals surface area (Å²) in [4.78, 5) is 13.8. The highest BCUT2D eigenvalue weighted by Gasteiger charge is 2.14. The molecule has 2 nitrogen and oxygen atoms in total. The first-order chi connectivity index (χ1) is 7.74. The number of hydrogen-bond donors (Lipinski definition) is 0. The van der Waals surface area contributed by atoms with Gasteiger partial charge in [0, 0.05) is 31.8 Å². The van der Waals surface area contributed by atoms with E-state index in [9.17, 15) is 4.79 Å². The molecule has 1 aliphatic heterocycles. The molecule has 1 aliphatic rings. The number of carbonyl (C=O) groups is 1. The van der Waals surface area contributed by atoms with E-state index in [0.717, 1.165) is 30.2 Å². The second-order valence-electron chi connectivity index (χ2n) is 4.38. The highest BCUT2D eigenvalue weighted by atomic mass is 32.2. The summed E-state index contributed by atoms with van der Waals surface area (Å²) in [5.41, 5.74) is 0. The first-order valence-corrected chi connectivity index (χ1v) is 7.31. The summed E-state index contributed by atoms with van der Waals surface area (Å²) < 4.78 is 0. The Hall–Kier alpha value is -0.440. The van der Waals surface area contributed by atoms with Gasteiger partial charge < -0.3 is 4.90 Å². The predicted octanol–water partition coefficient (Wildman–Crippen LogP) is 3.44. The van der Waals surface area contributed by atoms with E-state index < -0.39 is 0 Å². The first kappa shape index (κ1) is 13.6. The van der Waals surface area contributed by atoms with Crippen molar-refractivity contribution in [3.05, 3.63) is 11.1 Å². The van der Waals surface area contributed by atoms with Gasteiger partial charge in [0.15, 0.2) is 5.78 Å². The molecule has 0 amide bonds. The van der Waals surface area contributed by atoms with Gasteiger partial charge in [0.1, 0.15) is 0 Å². The maximum Gasteiger partial charge on any atom is 0.158 e. The summed E-state index contributed by atoms with van der Waals surface area (Å²) in [5.74, 6) is 1.42. The first-order valence-electron chi connectivity index (χ1n) is 6.32. The molecule has 0 aliphatic carbocycles. The van der Waals surface area contributed by atoms with Gasteiger partial charge >= 0.3 is 0 Å². The van der Waals surface area contributed by atoms with E-state index in [1.165, 1.54) is 25.7 Å². The van der Waals surface area contributed by atoms with Crippen molar-refractivity contribution in [2.24, 2.45) is 0 Å². The second-order valence-corrected chi connectivity index (χ2v) is 5.50. The van der Waals surface area contributed by atoms with Crippen molar-refractivity contribution >= 4 is 17.5 Å². The molecule has 1 rings (SSSR count). The molecule has 16 heavy (non-hydrogen) atoms. The zero-order valence-electron chi connectivity index (χ0n) is 10.5. The lowest BCUT2D eigenvalue weighted by Crippen LogP contribution is -2.11. The number of allylic oxidation sites excluding steroid dienone is 1. The van der Waals surface area contributed by atoms with E-state index in [1.807, 2.05) is 6.08 Å². The zero-order valence-corrected chi connectivity index (χ0v) is 11.3. The van der Waals surface area contributed by atoms with Crippen LogP contribution in [0.2, 0.25) is 0 Å². The summed E-state index contributed by atoms with van der Waals surface area (Å²) in [6.07, 6.45) is 8.64. The Morgan fingerprint density at radius 2 is 2.12 bits per heavy atom. The van der Waals surface area contributed by atoms with Crippen LogP contribution < -0.4 is 0 Å². The van der Waals surface area contributed by atoms with Crippen LogP contribution >= 0.6 is 11.8 Å². The van der Waals surface area contributed by atoms with Crippen molar-refractivity contribution in [1.29, 1.82) is 0 Å². The van der Waals surface area contributed by atoms with E-state index in [2.05, 4.69) is 18.9 Å². The smallest absolute Gasteiger partial charge is 0.158 e. The largest absolute Gasteiger partial charge is 0.368 e. The van der Waals surface area contributed by atoms with E-state index in [-0.39, 0.29) is 0 Å². The van der Waals surface area contributed by atoms with Crippen molar-refractivity contribution in [3.63, 3.8) is 0 Å². The molecule has 0 aromatic heterocycles. The number of hydrogen-bond acceptors (Lipinski definition) is 3. The third kappa shape index (κ3) is 5.06. The standard InChI is InChI=1S/C13H23NOS/c1-3-4-5-6-7-8-12(15)11-13-14(2)9-10-16-13/h11H,3-10H2,1-2H3/b13-11+. The van der Waals surface area contributed by atoms with Gasteiger partial charge in [-0.05, 0) is 6.42 Å². The summed E-state index contributed by atoms with van der Waals surface area (Å²) in [7, 11) is 2.06. The molecule has 3 heteroatoms. The molecular weight excluding hydrogens is 218 g/mol. The van der Waals surface area contributed by atoms with Crippen LogP contribution in [0.3, 0.4) is 0 Å². The Morgan fingerprint density at radius 1 is 1.38 bits per heavy atom. The van der Waals surface area contributed by atoms with Crippen molar-refractivity contribution in [2.75, 3.05) is 19.3 Å². The molecule has 0 saturated carbocycles. The highest BCUT2D eigenvalue weighted by Crippen LogP contribution is 2.25. The number of ketones is 1. The molecule has 1 heterocycles. The quantitative estimate of drug-likeness (QED) is 0.503. The maximum atomic E-state index is 11.7. The van der Waals surface area contributed by atoms with Crippen LogP contribution in [0.4, 0.5) is 0 Å². The molecule has 0 N–H and O–H groups in total. The fourth-order valence-electron chi connectivity index (χ4n) is 1.77. The third-order valence-electron chi connectivity index (χ3n) is 2.86. The van der Waals surface area contributed by atoms with Crippen LogP contribution in [0.25, 0.3) is 0 Å². The number of carbonyl (C=O) groups excluding carboxylic acids is 1. The average Bonchev–Trinajstić information content (AvgIpc) is 2.64. The van der Waals surface area contributed by atoms with Crippen LogP contribution in [-0.4, -0.2) is 30.0 Å². The third-order valence-corrected chi connectivity index (χ3v) is 3.98. The minimum atomic E-state index is 0.299. The van der Waals surface area contributed by atoms with Crippen molar-refractivity contribution in [3.8, 4) is 0 Å². The molecule has 1 fully saturated rings. The van der Waals surface area contributed by atoms with E-state index >= 15 is 0 Å². The summed E-state index contributed by atoms with van der Waals surface area (Å²) in [5, 5.41) is 1.15. The number of thioether (sulfide) groups is 1. The van der Waals surface area contributed by atoms with Gasteiger partial charge in [-0.1, -0.05) is 32.6 Å². The number of rotatable bonds is 7. The van der Waals surface area contributed by atoms with Gasteiger partial charge in [0.05, 0.1) is 5.03 Å². The van der Waals surface area contributed by atoms with Crippen LogP contribution in [0.5, 0.6) is 0 Å². The fraction of sp³-hybridized carbons (Fsp3) is 0.769. The van der Waals surface area contributed by atoms with Gasteiger partial charge in [-0.25, -0.2) is 0 Å². The Kier molecular flexibility index (Phi) is 6.62. The molecular formula is C13H23NOS. The fourth-order valence-corrected chi connectivity index (χ4v) is 2.87. The molecule has 92 valence electrons. The minimum absolute atomic E-state index is 0.299. The van der Waals surface area contributed by atoms with Crippen LogP contribution in [0, 0.1) is 0 Å². The van der Waals surface area contributed by atoms with Crippen LogP contribution in [-0.2, 0) is 4.79 Å². The molecule has 0 spiro atoms.